The molecule has 3 aromatic heterocycles. The van der Waals surface area contributed by atoms with Gasteiger partial charge in [0.05, 0.1) is 24.6 Å². The third kappa shape index (κ3) is 4.43. The highest BCUT2D eigenvalue weighted by atomic mass is 19.4. The summed E-state index contributed by atoms with van der Waals surface area (Å²) < 4.78 is 71.6. The summed E-state index contributed by atoms with van der Waals surface area (Å²) in [7, 11) is 0. The van der Waals surface area contributed by atoms with E-state index in [1.165, 1.54) is 41.6 Å². The highest BCUT2D eigenvalue weighted by Gasteiger charge is 2.33. The number of halogens is 5. The summed E-state index contributed by atoms with van der Waals surface area (Å²) in [5.74, 6) is -0.547. The van der Waals surface area contributed by atoms with Gasteiger partial charge in [0.25, 0.3) is 5.91 Å². The van der Waals surface area contributed by atoms with Gasteiger partial charge in [-0.1, -0.05) is 0 Å². The average molecular weight is 452 g/mol. The van der Waals surface area contributed by atoms with Crippen molar-refractivity contribution in [1.29, 1.82) is 0 Å². The minimum atomic E-state index is -4.54. The average Bonchev–Trinajstić information content (AvgIpc) is 3.09. The van der Waals surface area contributed by atoms with Crippen molar-refractivity contribution in [1.82, 2.24) is 15.0 Å². The van der Waals surface area contributed by atoms with E-state index in [9.17, 15) is 26.7 Å². The molecule has 0 fully saturated rings. The number of amides is 1. The number of rotatable bonds is 6. The summed E-state index contributed by atoms with van der Waals surface area (Å²) in [4.78, 5) is 26.2. The number of carbonyl (C=O) groups excluding carboxylic acids is 1. The number of ether oxygens (including phenoxy) is 2. The van der Waals surface area contributed by atoms with E-state index in [4.69, 9.17) is 4.74 Å². The number of carbonyl (C=O) groups is 1. The Labute approximate surface area is 177 Å². The van der Waals surface area contributed by atoms with Crippen molar-refractivity contribution >= 4 is 11.7 Å². The molecule has 7 nitrogen and oxygen atoms in total. The summed E-state index contributed by atoms with van der Waals surface area (Å²) in [5.41, 5.74) is 1.23. The number of aromatic nitrogens is 3. The van der Waals surface area contributed by atoms with Crippen molar-refractivity contribution in [3.63, 3.8) is 0 Å². The van der Waals surface area contributed by atoms with Crippen molar-refractivity contribution in [3.8, 4) is 22.8 Å². The molecule has 0 bridgehead atoms. The van der Waals surface area contributed by atoms with Crippen LogP contribution in [0.4, 0.5) is 27.8 Å². The zero-order valence-corrected chi connectivity index (χ0v) is 16.0. The number of anilines is 1. The van der Waals surface area contributed by atoms with Crippen LogP contribution in [0.25, 0.3) is 11.3 Å². The smallest absolute Gasteiger partial charge is 0.422 e. The molecule has 0 aromatic carbocycles. The van der Waals surface area contributed by atoms with Crippen LogP contribution in [-0.2, 0) is 6.54 Å². The Morgan fingerprint density at radius 1 is 1.03 bits per heavy atom. The zero-order chi connectivity index (χ0) is 22.9. The molecule has 0 N–H and O–H groups in total. The normalized spacial score (nSPS) is 13.4. The molecule has 0 unspecified atom stereocenters. The fourth-order valence-electron chi connectivity index (χ4n) is 3.20. The van der Waals surface area contributed by atoms with Crippen molar-refractivity contribution in [2.45, 2.75) is 19.3 Å². The maximum atomic E-state index is 12.9. The van der Waals surface area contributed by atoms with Crippen LogP contribution in [0, 0.1) is 0 Å². The Kier molecular flexibility index (Phi) is 5.59. The van der Waals surface area contributed by atoms with Crippen molar-refractivity contribution in [2.75, 3.05) is 11.5 Å². The second-order valence-corrected chi connectivity index (χ2v) is 6.58. The molecule has 1 aliphatic rings. The van der Waals surface area contributed by atoms with E-state index in [-0.39, 0.29) is 40.7 Å². The number of hydrogen-bond donors (Lipinski definition) is 0. The van der Waals surface area contributed by atoms with Crippen molar-refractivity contribution < 1.29 is 36.2 Å². The Morgan fingerprint density at radius 3 is 2.50 bits per heavy atom. The summed E-state index contributed by atoms with van der Waals surface area (Å²) in [6, 6.07) is 5.51. The molecule has 1 aliphatic heterocycles. The monoisotopic (exact) mass is 452 g/mol. The van der Waals surface area contributed by atoms with Crippen LogP contribution < -0.4 is 14.4 Å². The van der Waals surface area contributed by atoms with E-state index in [2.05, 4.69) is 19.7 Å². The first-order chi connectivity index (χ1) is 15.2. The van der Waals surface area contributed by atoms with Gasteiger partial charge in [0.15, 0.2) is 6.61 Å². The standard InChI is InChI=1S/C20H13F5N4O3/c21-19(22)32-11-1-2-16(28-7-11)29-9-14-12(18(29)30)4-6-27-17(14)13-3-5-26-8-15(13)31-10-20(23,24)25/h1-8,19H,9-10H2. The molecule has 1 amide bonds. The quantitative estimate of drug-likeness (QED) is 0.521. The molecule has 0 spiro atoms. The number of fused-ring (bicyclic) bond motifs is 1. The number of hydrogen-bond acceptors (Lipinski definition) is 6. The zero-order valence-electron chi connectivity index (χ0n) is 16.0. The van der Waals surface area contributed by atoms with Crippen LogP contribution >= 0.6 is 0 Å². The van der Waals surface area contributed by atoms with Crippen LogP contribution in [0.15, 0.2) is 49.1 Å². The molecule has 0 atom stereocenters. The van der Waals surface area contributed by atoms with Gasteiger partial charge in [0, 0.05) is 29.1 Å². The lowest BCUT2D eigenvalue weighted by Gasteiger charge is -2.15. The van der Waals surface area contributed by atoms with Crippen LogP contribution in [0.2, 0.25) is 0 Å². The van der Waals surface area contributed by atoms with Gasteiger partial charge >= 0.3 is 12.8 Å². The van der Waals surface area contributed by atoms with Gasteiger partial charge in [-0.25, -0.2) is 4.98 Å². The molecule has 3 aromatic rings. The van der Waals surface area contributed by atoms with E-state index in [0.717, 1.165) is 12.4 Å². The number of alkyl halides is 5. The van der Waals surface area contributed by atoms with E-state index in [0.29, 0.717) is 5.56 Å². The summed E-state index contributed by atoms with van der Waals surface area (Å²) in [5, 5.41) is 0. The fourth-order valence-corrected chi connectivity index (χ4v) is 3.20. The van der Waals surface area contributed by atoms with Gasteiger partial charge in [-0.2, -0.15) is 22.0 Å². The largest absolute Gasteiger partial charge is 0.482 e. The van der Waals surface area contributed by atoms with Gasteiger partial charge in [0.2, 0.25) is 0 Å². The Hall–Kier alpha value is -3.83. The first-order valence-corrected chi connectivity index (χ1v) is 9.07. The summed E-state index contributed by atoms with van der Waals surface area (Å²) >= 11 is 0. The number of pyridine rings is 3. The highest BCUT2D eigenvalue weighted by molar-refractivity contribution is 6.10. The van der Waals surface area contributed by atoms with Gasteiger partial charge < -0.3 is 9.47 Å². The van der Waals surface area contributed by atoms with E-state index in [1.807, 2.05) is 0 Å². The Balaban J connectivity index is 1.65. The number of nitrogens with zero attached hydrogens (tertiary/aromatic N) is 4. The minimum Gasteiger partial charge on any atom is -0.482 e. The molecule has 0 saturated carbocycles. The van der Waals surface area contributed by atoms with Crippen LogP contribution in [0.1, 0.15) is 15.9 Å². The topological polar surface area (TPSA) is 77.4 Å². The van der Waals surface area contributed by atoms with Crippen LogP contribution in [-0.4, -0.2) is 40.3 Å². The molecule has 32 heavy (non-hydrogen) atoms. The first kappa shape index (κ1) is 21.4. The predicted octanol–water partition coefficient (Wildman–Crippen LogP) is 4.24. The second kappa shape index (κ2) is 8.36. The first-order valence-electron chi connectivity index (χ1n) is 9.07. The minimum absolute atomic E-state index is 0.0143. The SMILES string of the molecule is O=C1c2ccnc(-c3ccncc3OCC(F)(F)F)c2CN1c1ccc(OC(F)F)cn1. The fraction of sp³-hybridized carbons (Fsp3) is 0.200. The lowest BCUT2D eigenvalue weighted by Crippen LogP contribution is -2.24. The van der Waals surface area contributed by atoms with E-state index >= 15 is 0 Å². The maximum Gasteiger partial charge on any atom is 0.422 e. The predicted molar refractivity (Wildman–Crippen MR) is 100 cm³/mol. The summed E-state index contributed by atoms with van der Waals surface area (Å²) in [6.07, 6.45) is 0.381. The molecule has 4 heterocycles. The molecular weight excluding hydrogens is 439 g/mol. The lowest BCUT2D eigenvalue weighted by molar-refractivity contribution is -0.153. The second-order valence-electron chi connectivity index (χ2n) is 6.58. The van der Waals surface area contributed by atoms with Crippen molar-refractivity contribution in [2.24, 2.45) is 0 Å². The van der Waals surface area contributed by atoms with Gasteiger partial charge in [-0.05, 0) is 24.3 Å². The van der Waals surface area contributed by atoms with Crippen molar-refractivity contribution in [3.05, 3.63) is 60.2 Å². The summed E-state index contributed by atoms with van der Waals surface area (Å²) in [6.45, 7) is -4.51. The van der Waals surface area contributed by atoms with Gasteiger partial charge in [-0.15, -0.1) is 0 Å². The molecule has 0 saturated heterocycles. The molecule has 0 aliphatic carbocycles. The molecule has 166 valence electrons. The lowest BCUT2D eigenvalue weighted by atomic mass is 10.0. The Bertz CT molecular complexity index is 1140. The van der Waals surface area contributed by atoms with Crippen LogP contribution in [0.5, 0.6) is 11.5 Å². The molecular formula is C20H13F5N4O3. The molecule has 0 radical (unpaired) electrons. The third-order valence-corrected chi connectivity index (χ3v) is 4.50. The van der Waals surface area contributed by atoms with Gasteiger partial charge in [-0.3, -0.25) is 19.7 Å². The third-order valence-electron chi connectivity index (χ3n) is 4.50. The van der Waals surface area contributed by atoms with Gasteiger partial charge in [0.1, 0.15) is 17.3 Å². The van der Waals surface area contributed by atoms with E-state index in [1.54, 1.807) is 0 Å². The van der Waals surface area contributed by atoms with Crippen LogP contribution in [0.3, 0.4) is 0 Å². The molecule has 4 rings (SSSR count). The maximum absolute atomic E-state index is 12.9. The Morgan fingerprint density at radius 2 is 1.81 bits per heavy atom. The highest BCUT2D eigenvalue weighted by Crippen LogP contribution is 2.37. The van der Waals surface area contributed by atoms with E-state index < -0.39 is 25.3 Å². The molecule has 12 heteroatoms.